The minimum atomic E-state index is -1.29. The van der Waals surface area contributed by atoms with Crippen molar-refractivity contribution in [2.45, 2.75) is 46.7 Å². The van der Waals surface area contributed by atoms with Crippen LogP contribution in [0.25, 0.3) is 15.9 Å². The van der Waals surface area contributed by atoms with E-state index in [-0.39, 0.29) is 18.0 Å². The highest BCUT2D eigenvalue weighted by molar-refractivity contribution is 7.15. The summed E-state index contributed by atoms with van der Waals surface area (Å²) in [6.07, 6.45) is 1.25. The Bertz CT molecular complexity index is 1800. The zero-order valence-electron chi connectivity index (χ0n) is 22.7. The van der Waals surface area contributed by atoms with E-state index in [0.717, 1.165) is 22.2 Å². The zero-order valence-corrected chi connectivity index (χ0v) is 24.3. The summed E-state index contributed by atoms with van der Waals surface area (Å²) >= 11 is 7.80. The second-order valence-electron chi connectivity index (χ2n) is 9.43. The molecular weight excluding hydrogens is 562 g/mol. The molecule has 3 aromatic heterocycles. The van der Waals surface area contributed by atoms with Crippen LogP contribution >= 0.6 is 22.9 Å². The van der Waals surface area contributed by atoms with Gasteiger partial charge in [0.25, 0.3) is 5.91 Å². The maximum absolute atomic E-state index is 13.6. The van der Waals surface area contributed by atoms with E-state index in [1.807, 2.05) is 32.0 Å². The minimum Gasteiger partial charge on any atom is -0.548 e. The Labute approximate surface area is 245 Å². The molecule has 9 nitrogen and oxygen atoms in total. The van der Waals surface area contributed by atoms with Crippen LogP contribution in [0.15, 0.2) is 54.6 Å². The minimum absolute atomic E-state index is 0.00520. The second kappa shape index (κ2) is 11.7. The van der Waals surface area contributed by atoms with Gasteiger partial charge in [0.2, 0.25) is 0 Å². The SMILES string of the molecule is CCc1cc(C(=O)c2ccccc2Cl)c(-n2c(C)nnc2CNC(=O)c2c(CC)c3ccccc3n2CC(=O)[O-])s1. The van der Waals surface area contributed by atoms with E-state index in [9.17, 15) is 19.5 Å². The fourth-order valence-corrected chi connectivity index (χ4v) is 6.42. The number of carbonyl (C=O) groups is 3. The number of hydrogen-bond donors (Lipinski definition) is 1. The van der Waals surface area contributed by atoms with Crippen LogP contribution in [-0.2, 0) is 30.7 Å². The first-order valence-corrected chi connectivity index (χ1v) is 14.4. The van der Waals surface area contributed by atoms with Gasteiger partial charge in [-0.25, -0.2) is 0 Å². The molecule has 1 N–H and O–H groups in total. The number of halogens is 1. The molecule has 0 saturated carbocycles. The van der Waals surface area contributed by atoms with Gasteiger partial charge in [-0.1, -0.05) is 55.8 Å². The molecule has 0 aliphatic carbocycles. The van der Waals surface area contributed by atoms with Crippen LogP contribution in [0.1, 0.15) is 62.3 Å². The third kappa shape index (κ3) is 5.28. The van der Waals surface area contributed by atoms with Crippen molar-refractivity contribution in [1.29, 1.82) is 0 Å². The third-order valence-electron chi connectivity index (χ3n) is 6.91. The Morgan fingerprint density at radius 1 is 1.00 bits per heavy atom. The lowest BCUT2D eigenvalue weighted by Gasteiger charge is -2.14. The van der Waals surface area contributed by atoms with Crippen LogP contribution in [0, 0.1) is 6.92 Å². The normalized spacial score (nSPS) is 11.2. The summed E-state index contributed by atoms with van der Waals surface area (Å²) in [5.74, 6) is -0.984. The van der Waals surface area contributed by atoms with Gasteiger partial charge < -0.3 is 19.8 Å². The van der Waals surface area contributed by atoms with Gasteiger partial charge in [0.1, 0.15) is 16.5 Å². The van der Waals surface area contributed by atoms with Gasteiger partial charge in [-0.05, 0) is 49.6 Å². The van der Waals surface area contributed by atoms with Crippen molar-refractivity contribution in [3.8, 4) is 5.00 Å². The number of carboxylic acid groups (broad SMARTS) is 1. The summed E-state index contributed by atoms with van der Waals surface area (Å²) in [4.78, 5) is 39.8. The maximum atomic E-state index is 13.6. The van der Waals surface area contributed by atoms with E-state index in [1.54, 1.807) is 47.9 Å². The summed E-state index contributed by atoms with van der Waals surface area (Å²) in [6.45, 7) is 5.24. The number of fused-ring (bicyclic) bond motifs is 1. The molecule has 0 aliphatic rings. The molecule has 0 bridgehead atoms. The first-order valence-electron chi connectivity index (χ1n) is 13.2. The number of amides is 1. The molecule has 2 aromatic carbocycles. The Balaban J connectivity index is 1.51. The topological polar surface area (TPSA) is 122 Å². The number of para-hydroxylation sites is 1. The van der Waals surface area contributed by atoms with Gasteiger partial charge in [-0.15, -0.1) is 21.5 Å². The molecule has 5 aromatic rings. The molecule has 0 atom stereocenters. The number of aryl methyl sites for hydroxylation is 3. The molecule has 41 heavy (non-hydrogen) atoms. The van der Waals surface area contributed by atoms with E-state index in [0.29, 0.717) is 44.7 Å². The Hall–Kier alpha value is -4.28. The third-order valence-corrected chi connectivity index (χ3v) is 8.50. The molecule has 1 amide bonds. The number of nitrogens with one attached hydrogen (secondary N) is 1. The Kier molecular flexibility index (Phi) is 8.05. The lowest BCUT2D eigenvalue weighted by Crippen LogP contribution is -2.32. The molecule has 11 heteroatoms. The standard InChI is InChI=1S/C30H28ClN5O4S/c1-4-18-14-22(28(39)21-11-6-8-12-23(21)31)30(41-18)36-17(3)33-34-25(36)15-32-29(40)27-19(5-2)20-10-7-9-13-24(20)35(27)16-26(37)38/h6-14H,4-5,15-16H2,1-3H3,(H,32,40)(H,37,38)/p-1. The molecule has 210 valence electrons. The molecule has 0 spiro atoms. The number of aliphatic carboxylic acids is 1. The first-order chi connectivity index (χ1) is 19.7. The van der Waals surface area contributed by atoms with Gasteiger partial charge in [0, 0.05) is 21.3 Å². The monoisotopic (exact) mass is 588 g/mol. The van der Waals surface area contributed by atoms with Crippen LogP contribution in [0.3, 0.4) is 0 Å². The largest absolute Gasteiger partial charge is 0.548 e. The highest BCUT2D eigenvalue weighted by Gasteiger charge is 2.25. The highest BCUT2D eigenvalue weighted by Crippen LogP contribution is 2.32. The van der Waals surface area contributed by atoms with Crippen LogP contribution in [-0.4, -0.2) is 37.0 Å². The van der Waals surface area contributed by atoms with Gasteiger partial charge in [-0.3, -0.25) is 14.2 Å². The molecule has 0 radical (unpaired) electrons. The van der Waals surface area contributed by atoms with Gasteiger partial charge >= 0.3 is 0 Å². The summed E-state index contributed by atoms with van der Waals surface area (Å²) in [7, 11) is 0. The summed E-state index contributed by atoms with van der Waals surface area (Å²) in [6, 6.07) is 16.1. The predicted octanol–water partition coefficient (Wildman–Crippen LogP) is 4.28. The van der Waals surface area contributed by atoms with Crippen LogP contribution in [0.2, 0.25) is 5.02 Å². The van der Waals surface area contributed by atoms with E-state index in [4.69, 9.17) is 11.6 Å². The number of hydrogen-bond acceptors (Lipinski definition) is 7. The highest BCUT2D eigenvalue weighted by atomic mass is 35.5. The fourth-order valence-electron chi connectivity index (χ4n) is 5.04. The number of rotatable bonds is 10. The van der Waals surface area contributed by atoms with Crippen molar-refractivity contribution >= 4 is 51.5 Å². The quantitative estimate of drug-likeness (QED) is 0.243. The number of thiophene rings is 1. The summed E-state index contributed by atoms with van der Waals surface area (Å²) in [5.41, 5.74) is 2.52. The first kappa shape index (κ1) is 28.3. The van der Waals surface area contributed by atoms with E-state index in [2.05, 4.69) is 15.5 Å². The molecule has 0 saturated heterocycles. The van der Waals surface area contributed by atoms with E-state index >= 15 is 0 Å². The Morgan fingerprint density at radius 2 is 1.73 bits per heavy atom. The number of nitrogens with zero attached hydrogens (tertiary/aromatic N) is 4. The van der Waals surface area contributed by atoms with Crippen molar-refractivity contribution in [1.82, 2.24) is 24.6 Å². The van der Waals surface area contributed by atoms with Crippen LogP contribution in [0.5, 0.6) is 0 Å². The number of carbonyl (C=O) groups excluding carboxylic acids is 3. The van der Waals surface area contributed by atoms with Crippen molar-refractivity contribution in [3.05, 3.63) is 98.5 Å². The van der Waals surface area contributed by atoms with E-state index in [1.165, 1.54) is 15.9 Å². The summed E-state index contributed by atoms with van der Waals surface area (Å²) < 4.78 is 3.24. The summed E-state index contributed by atoms with van der Waals surface area (Å²) in [5, 5.41) is 24.8. The number of benzene rings is 2. The smallest absolute Gasteiger partial charge is 0.268 e. The molecule has 0 aliphatic heterocycles. The number of carboxylic acids is 1. The number of ketones is 1. The lowest BCUT2D eigenvalue weighted by molar-refractivity contribution is -0.306. The van der Waals surface area contributed by atoms with Gasteiger partial charge in [-0.2, -0.15) is 0 Å². The lowest BCUT2D eigenvalue weighted by atomic mass is 10.0. The molecule has 5 rings (SSSR count). The second-order valence-corrected chi connectivity index (χ2v) is 11.0. The van der Waals surface area contributed by atoms with E-state index < -0.39 is 18.4 Å². The maximum Gasteiger partial charge on any atom is 0.268 e. The van der Waals surface area contributed by atoms with Crippen LogP contribution in [0.4, 0.5) is 0 Å². The van der Waals surface area contributed by atoms with Gasteiger partial charge in [0.15, 0.2) is 11.6 Å². The van der Waals surface area contributed by atoms with Crippen molar-refractivity contribution in [2.24, 2.45) is 0 Å². The van der Waals surface area contributed by atoms with Crippen molar-refractivity contribution in [2.75, 3.05) is 0 Å². The van der Waals surface area contributed by atoms with Gasteiger partial charge in [0.05, 0.1) is 29.6 Å². The zero-order chi connectivity index (χ0) is 29.3. The molecule has 0 fully saturated rings. The molecule has 3 heterocycles. The average Bonchev–Trinajstić information content (AvgIpc) is 3.64. The Morgan fingerprint density at radius 3 is 2.44 bits per heavy atom. The number of aromatic nitrogens is 4. The van der Waals surface area contributed by atoms with Crippen molar-refractivity contribution < 1.29 is 19.5 Å². The molecular formula is C30H27ClN5O4S-. The van der Waals surface area contributed by atoms with Crippen LogP contribution < -0.4 is 10.4 Å². The predicted molar refractivity (Wildman–Crippen MR) is 156 cm³/mol. The fraction of sp³-hybridized carbons (Fsp3) is 0.233. The average molecular weight is 589 g/mol. The molecule has 0 unspecified atom stereocenters. The van der Waals surface area contributed by atoms with Crippen molar-refractivity contribution in [3.63, 3.8) is 0 Å².